The first-order valence-corrected chi connectivity index (χ1v) is 7.93. The van der Waals surface area contributed by atoms with Gasteiger partial charge in [0.2, 0.25) is 0 Å². The molecule has 25 heavy (non-hydrogen) atoms. The summed E-state index contributed by atoms with van der Waals surface area (Å²) in [5, 5.41) is 8.00. The predicted octanol–water partition coefficient (Wildman–Crippen LogP) is 2.14. The lowest BCUT2D eigenvalue weighted by Crippen LogP contribution is -2.11. The fourth-order valence-corrected chi connectivity index (χ4v) is 2.48. The lowest BCUT2D eigenvalue weighted by atomic mass is 10.2. The van der Waals surface area contributed by atoms with Crippen molar-refractivity contribution in [2.24, 2.45) is 25.0 Å². The van der Waals surface area contributed by atoms with Gasteiger partial charge in [-0.1, -0.05) is 0 Å². The minimum Gasteiger partial charge on any atom is -0.325 e. The van der Waals surface area contributed by atoms with Crippen LogP contribution in [0.3, 0.4) is 0 Å². The van der Waals surface area contributed by atoms with Gasteiger partial charge in [0.15, 0.2) is 11.7 Å². The summed E-state index contributed by atoms with van der Waals surface area (Å²) in [4.78, 5) is 28.2. The minimum absolute atomic E-state index is 0.271. The molecule has 8 heteroatoms. The summed E-state index contributed by atoms with van der Waals surface area (Å²) in [5.74, 6) is 2.76. The highest BCUT2D eigenvalue weighted by Crippen LogP contribution is 2.17. The highest BCUT2D eigenvalue weighted by atomic mass is 15.0. The first-order chi connectivity index (χ1) is 12.1. The Balaban J connectivity index is 1.80. The van der Waals surface area contributed by atoms with E-state index < -0.39 is 0 Å². The molecule has 2 aromatic rings. The quantitative estimate of drug-likeness (QED) is 0.655. The number of nitrogens with one attached hydrogen (secondary N) is 3. The van der Waals surface area contributed by atoms with Gasteiger partial charge in [0.25, 0.3) is 0 Å². The summed E-state index contributed by atoms with van der Waals surface area (Å²) in [6.45, 7) is 1.94. The van der Waals surface area contributed by atoms with Crippen LogP contribution in [-0.2, 0) is 0 Å². The number of H-pyrrole nitrogens is 2. The van der Waals surface area contributed by atoms with Crippen molar-refractivity contribution in [3.8, 4) is 0 Å². The van der Waals surface area contributed by atoms with Crippen molar-refractivity contribution in [3.05, 3.63) is 47.4 Å². The third kappa shape index (κ3) is 3.57. The Morgan fingerprint density at radius 3 is 2.24 bits per heavy atom. The smallest absolute Gasteiger partial charge is 0.156 e. The van der Waals surface area contributed by atoms with Crippen LogP contribution in [0, 0.1) is 5.41 Å². The number of fused-ring (bicyclic) bond motifs is 5. The molecule has 6 bridgehead atoms. The normalized spacial score (nSPS) is 17.2. The van der Waals surface area contributed by atoms with Crippen molar-refractivity contribution in [2.45, 2.75) is 19.8 Å². The predicted molar refractivity (Wildman–Crippen MR) is 97.3 cm³/mol. The molecule has 0 fully saturated rings. The van der Waals surface area contributed by atoms with Crippen LogP contribution in [0.2, 0.25) is 0 Å². The van der Waals surface area contributed by atoms with Crippen LogP contribution in [0.1, 0.15) is 19.8 Å². The molecule has 0 saturated carbocycles. The molecule has 0 atom stereocenters. The summed E-state index contributed by atoms with van der Waals surface area (Å²) < 4.78 is 0. The van der Waals surface area contributed by atoms with E-state index in [4.69, 9.17) is 5.41 Å². The van der Waals surface area contributed by atoms with Crippen molar-refractivity contribution in [1.82, 2.24) is 9.97 Å². The molecule has 124 valence electrons. The Morgan fingerprint density at radius 1 is 0.760 bits per heavy atom. The molecule has 0 spiro atoms. The van der Waals surface area contributed by atoms with E-state index in [-0.39, 0.29) is 5.84 Å². The summed E-state index contributed by atoms with van der Waals surface area (Å²) >= 11 is 0. The van der Waals surface area contributed by atoms with Gasteiger partial charge in [-0.3, -0.25) is 5.41 Å². The van der Waals surface area contributed by atoms with Gasteiger partial charge in [0.1, 0.15) is 28.4 Å². The van der Waals surface area contributed by atoms with E-state index >= 15 is 0 Å². The summed E-state index contributed by atoms with van der Waals surface area (Å²) in [7, 11) is 0. The maximum atomic E-state index is 8.00. The number of aromatic nitrogens is 2. The second kappa shape index (κ2) is 6.23. The number of hydrogen-bond acceptors (Lipinski definition) is 5. The van der Waals surface area contributed by atoms with Gasteiger partial charge in [0, 0.05) is 12.1 Å². The molecule has 0 radical (unpaired) electrons. The van der Waals surface area contributed by atoms with Crippen LogP contribution >= 0.6 is 0 Å². The monoisotopic (exact) mass is 332 g/mol. The van der Waals surface area contributed by atoms with E-state index in [2.05, 4.69) is 34.9 Å². The SMILES string of the molecule is CC1=Nc2ccc([nH]2)N=c2ccc([nH]2)=NC2=NC(=NC(=N)CC1)C=C2. The molecule has 2 aromatic heterocycles. The zero-order valence-electron chi connectivity index (χ0n) is 13.6. The summed E-state index contributed by atoms with van der Waals surface area (Å²) in [6.07, 6.45) is 4.69. The second-order valence-electron chi connectivity index (χ2n) is 5.75. The van der Waals surface area contributed by atoms with Gasteiger partial charge >= 0.3 is 0 Å². The van der Waals surface area contributed by atoms with Crippen LogP contribution < -0.4 is 11.0 Å². The molecular formula is C17H16N8. The van der Waals surface area contributed by atoms with Crippen LogP contribution in [0.25, 0.3) is 0 Å². The third-order valence-electron chi connectivity index (χ3n) is 3.68. The maximum Gasteiger partial charge on any atom is 0.156 e. The van der Waals surface area contributed by atoms with Gasteiger partial charge in [0.05, 0.1) is 0 Å². The first kappa shape index (κ1) is 15.1. The fraction of sp³-hybridized carbons (Fsp3) is 0.176. The molecule has 8 nitrogen and oxygen atoms in total. The zero-order chi connectivity index (χ0) is 17.2. The van der Waals surface area contributed by atoms with Crippen molar-refractivity contribution in [3.63, 3.8) is 0 Å². The molecule has 0 aliphatic carbocycles. The van der Waals surface area contributed by atoms with E-state index in [0.29, 0.717) is 41.3 Å². The largest absolute Gasteiger partial charge is 0.325 e. The molecular weight excluding hydrogens is 316 g/mol. The Labute approximate surface area is 143 Å². The second-order valence-corrected chi connectivity index (χ2v) is 5.75. The van der Waals surface area contributed by atoms with E-state index in [9.17, 15) is 0 Å². The van der Waals surface area contributed by atoms with Gasteiger partial charge < -0.3 is 9.97 Å². The van der Waals surface area contributed by atoms with Crippen LogP contribution in [0.15, 0.2) is 61.4 Å². The third-order valence-corrected chi connectivity index (χ3v) is 3.68. The molecule has 0 aromatic carbocycles. The number of nitrogens with zero attached hydrogens (tertiary/aromatic N) is 5. The minimum atomic E-state index is 0.271. The van der Waals surface area contributed by atoms with Crippen molar-refractivity contribution in [1.29, 1.82) is 5.41 Å². The highest BCUT2D eigenvalue weighted by molar-refractivity contribution is 6.17. The van der Waals surface area contributed by atoms with Crippen LogP contribution in [0.4, 0.5) is 11.6 Å². The molecule has 0 saturated heterocycles. The number of aliphatic imine (C=N–C) groups is 3. The van der Waals surface area contributed by atoms with Crippen molar-refractivity contribution >= 4 is 34.9 Å². The van der Waals surface area contributed by atoms with Gasteiger partial charge in [-0.2, -0.15) is 0 Å². The van der Waals surface area contributed by atoms with Crippen LogP contribution in [-0.4, -0.2) is 33.2 Å². The number of amidine groups is 3. The molecule has 2 aliphatic heterocycles. The molecule has 4 heterocycles. The standard InChI is InChI=1S/C17H16N8/c1-10-2-3-11(18)20-13-5-7-15(22-13)24-17-9-8-16(25-17)23-14-6-4-12(19-10)21-14/h4-9,21H,2-3H2,1H3,(H2,18,20,22,23,24,25). The average molecular weight is 332 g/mol. The zero-order valence-corrected chi connectivity index (χ0v) is 13.6. The maximum absolute atomic E-state index is 8.00. The van der Waals surface area contributed by atoms with Gasteiger partial charge in [-0.05, 0) is 49.8 Å². The van der Waals surface area contributed by atoms with Crippen molar-refractivity contribution in [2.75, 3.05) is 0 Å². The van der Waals surface area contributed by atoms with E-state index in [1.807, 2.05) is 31.2 Å². The average Bonchev–Trinajstić information content (AvgIpc) is 3.29. The first-order valence-electron chi connectivity index (χ1n) is 7.93. The van der Waals surface area contributed by atoms with E-state index in [1.165, 1.54) is 0 Å². The topological polar surface area (TPSA) is 117 Å². The van der Waals surface area contributed by atoms with Crippen LogP contribution in [0.5, 0.6) is 0 Å². The summed E-state index contributed by atoms with van der Waals surface area (Å²) in [5.41, 5.74) is 2.27. The number of rotatable bonds is 0. The van der Waals surface area contributed by atoms with E-state index in [0.717, 1.165) is 11.5 Å². The lowest BCUT2D eigenvalue weighted by Gasteiger charge is -1.99. The van der Waals surface area contributed by atoms with E-state index in [1.54, 1.807) is 12.2 Å². The number of aromatic amines is 2. The Hall–Kier alpha value is -3.42. The van der Waals surface area contributed by atoms with Gasteiger partial charge in [-0.15, -0.1) is 0 Å². The fourth-order valence-electron chi connectivity index (χ4n) is 2.48. The lowest BCUT2D eigenvalue weighted by molar-refractivity contribution is 1.09. The number of hydrogen-bond donors (Lipinski definition) is 3. The Kier molecular flexibility index (Phi) is 3.77. The van der Waals surface area contributed by atoms with Gasteiger partial charge in [-0.25, -0.2) is 25.0 Å². The Bertz CT molecular complexity index is 1070. The molecule has 3 N–H and O–H groups in total. The van der Waals surface area contributed by atoms with Crippen molar-refractivity contribution < 1.29 is 0 Å². The molecule has 2 aliphatic rings. The molecule has 0 unspecified atom stereocenters. The summed E-state index contributed by atoms with van der Waals surface area (Å²) in [6, 6.07) is 7.43. The molecule has 0 amide bonds. The Morgan fingerprint density at radius 2 is 1.44 bits per heavy atom. The molecule has 4 rings (SSSR count). The highest BCUT2D eigenvalue weighted by Gasteiger charge is 2.07.